The summed E-state index contributed by atoms with van der Waals surface area (Å²) in [7, 11) is 0. The number of anilines is 1. The summed E-state index contributed by atoms with van der Waals surface area (Å²) in [5.41, 5.74) is 0.852. The van der Waals surface area contributed by atoms with E-state index in [9.17, 15) is 18.0 Å². The number of hydrogen-bond donors (Lipinski definition) is 0. The average molecular weight is 318 g/mol. The zero-order chi connectivity index (χ0) is 16.6. The van der Waals surface area contributed by atoms with Crippen LogP contribution in [0, 0.1) is 0 Å². The molecule has 118 valence electrons. The topological polar surface area (TPSA) is 32.7 Å². The number of alkyl halides is 3. The fraction of sp³-hybridized carbons (Fsp3) is 0.176. The molecule has 0 radical (unpaired) electrons. The van der Waals surface area contributed by atoms with E-state index in [1.807, 2.05) is 13.0 Å². The van der Waals surface area contributed by atoms with E-state index < -0.39 is 11.7 Å². The Hall–Kier alpha value is -2.63. The van der Waals surface area contributed by atoms with Crippen molar-refractivity contribution in [2.45, 2.75) is 13.1 Å². The Morgan fingerprint density at radius 3 is 2.52 bits per heavy atom. The van der Waals surface area contributed by atoms with Gasteiger partial charge in [-0.25, -0.2) is 4.99 Å². The normalized spacial score (nSPS) is 16.1. The van der Waals surface area contributed by atoms with Crippen molar-refractivity contribution in [2.75, 3.05) is 11.4 Å². The number of para-hydroxylation sites is 1. The van der Waals surface area contributed by atoms with E-state index in [1.165, 1.54) is 12.1 Å². The maximum absolute atomic E-state index is 12.8. The summed E-state index contributed by atoms with van der Waals surface area (Å²) in [5, 5.41) is 0. The highest BCUT2D eigenvalue weighted by Gasteiger charge is 2.33. The first-order valence-corrected chi connectivity index (χ1v) is 7.09. The second-order valence-electron chi connectivity index (χ2n) is 5.08. The SMILES string of the molecule is CCN1C(=O)C(=Nc2cccc(C(F)(F)F)c2)c2ccccc21. The molecule has 1 aliphatic rings. The lowest BCUT2D eigenvalue weighted by molar-refractivity contribution is -0.137. The third-order valence-electron chi connectivity index (χ3n) is 3.63. The lowest BCUT2D eigenvalue weighted by Gasteiger charge is -2.12. The molecule has 2 aromatic rings. The molecule has 1 aliphatic heterocycles. The van der Waals surface area contributed by atoms with Crippen molar-refractivity contribution in [3.8, 4) is 0 Å². The average Bonchev–Trinajstić information content (AvgIpc) is 2.79. The summed E-state index contributed by atoms with van der Waals surface area (Å²) in [6, 6.07) is 11.8. The molecule has 0 saturated carbocycles. The van der Waals surface area contributed by atoms with Gasteiger partial charge in [0.1, 0.15) is 5.71 Å². The van der Waals surface area contributed by atoms with Crippen LogP contribution in [0.3, 0.4) is 0 Å². The van der Waals surface area contributed by atoms with E-state index in [-0.39, 0.29) is 17.3 Å². The molecule has 0 atom stereocenters. The number of rotatable bonds is 2. The highest BCUT2D eigenvalue weighted by molar-refractivity contribution is 6.54. The van der Waals surface area contributed by atoms with Gasteiger partial charge in [-0.1, -0.05) is 24.3 Å². The molecule has 2 aromatic carbocycles. The number of aliphatic imine (C=N–C) groups is 1. The molecular formula is C17H13F3N2O. The third kappa shape index (κ3) is 2.72. The largest absolute Gasteiger partial charge is 0.416 e. The monoisotopic (exact) mass is 318 g/mol. The maximum atomic E-state index is 12.8. The van der Waals surface area contributed by atoms with Gasteiger partial charge >= 0.3 is 6.18 Å². The van der Waals surface area contributed by atoms with Crippen LogP contribution in [0.2, 0.25) is 0 Å². The first-order valence-electron chi connectivity index (χ1n) is 7.09. The number of hydrogen-bond acceptors (Lipinski definition) is 2. The maximum Gasteiger partial charge on any atom is 0.416 e. The van der Waals surface area contributed by atoms with Gasteiger partial charge in [-0.2, -0.15) is 13.2 Å². The number of benzene rings is 2. The van der Waals surface area contributed by atoms with E-state index in [1.54, 1.807) is 23.1 Å². The number of amides is 1. The summed E-state index contributed by atoms with van der Waals surface area (Å²) in [4.78, 5) is 18.2. The van der Waals surface area contributed by atoms with Crippen LogP contribution < -0.4 is 4.90 Å². The van der Waals surface area contributed by atoms with Crippen LogP contribution in [0.25, 0.3) is 0 Å². The van der Waals surface area contributed by atoms with Gasteiger partial charge in [-0.15, -0.1) is 0 Å². The van der Waals surface area contributed by atoms with Gasteiger partial charge in [-0.05, 0) is 31.2 Å². The minimum absolute atomic E-state index is 0.107. The van der Waals surface area contributed by atoms with Crippen molar-refractivity contribution >= 4 is 23.0 Å². The number of likely N-dealkylation sites (N-methyl/N-ethyl adjacent to an activating group) is 1. The number of halogens is 3. The van der Waals surface area contributed by atoms with Crippen LogP contribution in [0.4, 0.5) is 24.5 Å². The van der Waals surface area contributed by atoms with E-state index in [2.05, 4.69) is 4.99 Å². The number of nitrogens with zero attached hydrogens (tertiary/aromatic N) is 2. The number of carbonyl (C=O) groups is 1. The van der Waals surface area contributed by atoms with Crippen molar-refractivity contribution < 1.29 is 18.0 Å². The Bertz CT molecular complexity index is 796. The second-order valence-corrected chi connectivity index (χ2v) is 5.08. The van der Waals surface area contributed by atoms with Gasteiger partial charge < -0.3 is 4.90 Å². The molecule has 23 heavy (non-hydrogen) atoms. The van der Waals surface area contributed by atoms with Gasteiger partial charge in [0.2, 0.25) is 0 Å². The molecular weight excluding hydrogens is 305 g/mol. The van der Waals surface area contributed by atoms with Crippen LogP contribution in [0.1, 0.15) is 18.1 Å². The molecule has 6 heteroatoms. The molecule has 0 bridgehead atoms. The molecule has 1 amide bonds. The second kappa shape index (κ2) is 5.53. The Labute approximate surface area is 131 Å². The summed E-state index contributed by atoms with van der Waals surface area (Å²) >= 11 is 0. The van der Waals surface area contributed by atoms with E-state index in [4.69, 9.17) is 0 Å². The highest BCUT2D eigenvalue weighted by Crippen LogP contribution is 2.33. The lowest BCUT2D eigenvalue weighted by atomic mass is 10.1. The molecule has 3 nitrogen and oxygen atoms in total. The van der Waals surface area contributed by atoms with Crippen LogP contribution in [0.5, 0.6) is 0 Å². The van der Waals surface area contributed by atoms with Crippen molar-refractivity contribution in [3.05, 3.63) is 59.7 Å². The van der Waals surface area contributed by atoms with Gasteiger partial charge in [-0.3, -0.25) is 4.79 Å². The number of fused-ring (bicyclic) bond motifs is 1. The minimum atomic E-state index is -4.44. The zero-order valence-corrected chi connectivity index (χ0v) is 12.3. The van der Waals surface area contributed by atoms with Crippen LogP contribution in [-0.4, -0.2) is 18.2 Å². The van der Waals surface area contributed by atoms with Crippen molar-refractivity contribution in [1.82, 2.24) is 0 Å². The van der Waals surface area contributed by atoms with E-state index in [0.29, 0.717) is 12.1 Å². The molecule has 0 N–H and O–H groups in total. The highest BCUT2D eigenvalue weighted by atomic mass is 19.4. The molecule has 0 aliphatic carbocycles. The van der Waals surface area contributed by atoms with Gasteiger partial charge in [0, 0.05) is 12.1 Å². The van der Waals surface area contributed by atoms with Gasteiger partial charge in [0.25, 0.3) is 5.91 Å². The fourth-order valence-corrected chi connectivity index (χ4v) is 2.56. The Morgan fingerprint density at radius 2 is 1.83 bits per heavy atom. The van der Waals surface area contributed by atoms with Crippen molar-refractivity contribution in [2.24, 2.45) is 4.99 Å². The smallest absolute Gasteiger partial charge is 0.307 e. The van der Waals surface area contributed by atoms with Crippen molar-refractivity contribution in [3.63, 3.8) is 0 Å². The predicted molar refractivity (Wildman–Crippen MR) is 82.1 cm³/mol. The fourth-order valence-electron chi connectivity index (χ4n) is 2.56. The predicted octanol–water partition coefficient (Wildman–Crippen LogP) is 4.19. The molecule has 1 heterocycles. The Morgan fingerprint density at radius 1 is 1.09 bits per heavy atom. The van der Waals surface area contributed by atoms with Gasteiger partial charge in [0.15, 0.2) is 0 Å². The third-order valence-corrected chi connectivity index (χ3v) is 3.63. The molecule has 0 aromatic heterocycles. The summed E-state index contributed by atoms with van der Waals surface area (Å²) < 4.78 is 38.4. The summed E-state index contributed by atoms with van der Waals surface area (Å²) in [5.74, 6) is -0.300. The standard InChI is InChI=1S/C17H13F3N2O/c1-2-22-14-9-4-3-8-13(14)15(16(22)23)21-12-7-5-6-11(10-12)17(18,19)20/h3-10H,2H2,1H3. The molecule has 0 saturated heterocycles. The first kappa shape index (κ1) is 15.3. The summed E-state index contributed by atoms with van der Waals surface area (Å²) in [6.45, 7) is 2.30. The van der Waals surface area contributed by atoms with Crippen LogP contribution in [-0.2, 0) is 11.0 Å². The molecule has 0 unspecified atom stereocenters. The quantitative estimate of drug-likeness (QED) is 0.817. The van der Waals surface area contributed by atoms with Crippen LogP contribution in [0.15, 0.2) is 53.5 Å². The van der Waals surface area contributed by atoms with Crippen LogP contribution >= 0.6 is 0 Å². The Balaban J connectivity index is 2.08. The van der Waals surface area contributed by atoms with E-state index >= 15 is 0 Å². The summed E-state index contributed by atoms with van der Waals surface area (Å²) in [6.07, 6.45) is -4.44. The van der Waals surface area contributed by atoms with Gasteiger partial charge in [0.05, 0.1) is 16.9 Å². The zero-order valence-electron chi connectivity index (χ0n) is 12.3. The minimum Gasteiger partial charge on any atom is -0.307 e. The molecule has 0 fully saturated rings. The van der Waals surface area contributed by atoms with E-state index in [0.717, 1.165) is 17.8 Å². The Kier molecular flexibility index (Phi) is 3.67. The lowest BCUT2D eigenvalue weighted by Crippen LogP contribution is -2.29. The molecule has 0 spiro atoms. The van der Waals surface area contributed by atoms with Crippen molar-refractivity contribution in [1.29, 1.82) is 0 Å². The molecule has 3 rings (SSSR count). The number of carbonyl (C=O) groups excluding carboxylic acids is 1. The first-order chi connectivity index (χ1) is 10.9.